The molecule has 5 rings (SSSR count). The van der Waals surface area contributed by atoms with Gasteiger partial charge in [-0.2, -0.15) is 0 Å². The average molecular weight is 494 g/mol. The third-order valence-corrected chi connectivity index (χ3v) is 8.27. The number of nitrogens with one attached hydrogen (secondary N) is 1. The summed E-state index contributed by atoms with van der Waals surface area (Å²) >= 11 is 3.14. The zero-order chi connectivity index (χ0) is 24.0. The molecule has 1 aliphatic carbocycles. The van der Waals surface area contributed by atoms with Gasteiger partial charge < -0.3 is 5.32 Å². The number of carbonyl (C=O) groups is 2. The first-order chi connectivity index (χ1) is 16.3. The molecule has 0 radical (unpaired) electrons. The molecule has 4 aromatic rings. The van der Waals surface area contributed by atoms with Crippen molar-refractivity contribution in [1.29, 1.82) is 0 Å². The van der Waals surface area contributed by atoms with Gasteiger partial charge in [-0.3, -0.25) is 14.0 Å². The molecule has 0 saturated carbocycles. The van der Waals surface area contributed by atoms with Gasteiger partial charge in [-0.05, 0) is 49.8 Å². The van der Waals surface area contributed by atoms with Gasteiger partial charge in [0.1, 0.15) is 10.7 Å². The van der Waals surface area contributed by atoms with Crippen LogP contribution in [0.5, 0.6) is 0 Å². The van der Waals surface area contributed by atoms with Crippen LogP contribution >= 0.6 is 23.1 Å². The third-order valence-electron chi connectivity index (χ3n) is 6.20. The second-order valence-electron chi connectivity index (χ2n) is 9.27. The van der Waals surface area contributed by atoms with Gasteiger partial charge in [-0.1, -0.05) is 44.7 Å². The molecule has 0 spiro atoms. The molecule has 1 aliphatic rings. The lowest BCUT2D eigenvalue weighted by Gasteiger charge is -2.17. The second kappa shape index (κ2) is 9.11. The highest BCUT2D eigenvalue weighted by Gasteiger charge is 2.26. The average Bonchev–Trinajstić information content (AvgIpc) is 3.37. The minimum atomic E-state index is -0.163. The van der Waals surface area contributed by atoms with E-state index in [1.807, 2.05) is 4.40 Å². The summed E-state index contributed by atoms with van der Waals surface area (Å²) in [4.78, 5) is 31.8. The van der Waals surface area contributed by atoms with Crippen LogP contribution in [0.4, 0.5) is 5.69 Å². The van der Waals surface area contributed by atoms with E-state index in [-0.39, 0.29) is 23.4 Å². The van der Waals surface area contributed by atoms with Gasteiger partial charge in [0.2, 0.25) is 5.91 Å². The number of ketones is 1. The van der Waals surface area contributed by atoms with E-state index < -0.39 is 0 Å². The van der Waals surface area contributed by atoms with Crippen LogP contribution < -0.4 is 5.32 Å². The summed E-state index contributed by atoms with van der Waals surface area (Å²) in [6.07, 6.45) is 3.32. The number of aromatic nitrogens is 4. The predicted molar refractivity (Wildman–Crippen MR) is 137 cm³/mol. The number of rotatable bonds is 6. The van der Waals surface area contributed by atoms with Crippen LogP contribution in [-0.2, 0) is 17.6 Å². The quantitative estimate of drug-likeness (QED) is 0.281. The first kappa shape index (κ1) is 23.0. The highest BCUT2D eigenvalue weighted by Crippen LogP contribution is 2.40. The number of hydrogen-bond donors (Lipinski definition) is 1. The summed E-state index contributed by atoms with van der Waals surface area (Å²) in [5.41, 5.74) is 3.39. The van der Waals surface area contributed by atoms with E-state index in [9.17, 15) is 9.59 Å². The molecule has 0 aliphatic heterocycles. The van der Waals surface area contributed by atoms with E-state index in [0.29, 0.717) is 22.3 Å². The minimum Gasteiger partial charge on any atom is -0.325 e. The van der Waals surface area contributed by atoms with Gasteiger partial charge in [0.25, 0.3) is 0 Å². The summed E-state index contributed by atoms with van der Waals surface area (Å²) in [6, 6.07) is 6.97. The van der Waals surface area contributed by atoms with Crippen molar-refractivity contribution in [2.75, 3.05) is 11.1 Å². The van der Waals surface area contributed by atoms with Crippen molar-refractivity contribution < 1.29 is 9.59 Å². The number of Topliss-reactive ketones (excluding diaryl/α,β-unsaturated/α-hetero) is 1. The standard InChI is InChI=1S/C25H27N5O2S2/c1-13(2)22-27-24-21(18-9-8-14(3)10-19(18)34-24)23-28-29-25(30(22)23)33-12-20(32)26-17-7-5-6-16(11-17)15(4)31/h5-7,11,13-14H,8-10,12H2,1-4H3,(H,26,32)/t14-/m1/s1. The highest BCUT2D eigenvalue weighted by molar-refractivity contribution is 7.99. The summed E-state index contributed by atoms with van der Waals surface area (Å²) in [5.74, 6) is 1.77. The fourth-order valence-electron chi connectivity index (χ4n) is 4.46. The zero-order valence-corrected chi connectivity index (χ0v) is 21.3. The molecule has 3 aromatic heterocycles. The lowest BCUT2D eigenvalue weighted by atomic mass is 9.89. The molecule has 0 saturated heterocycles. The van der Waals surface area contributed by atoms with Gasteiger partial charge in [0.05, 0.1) is 11.1 Å². The number of anilines is 1. The first-order valence-corrected chi connectivity index (χ1v) is 13.3. The number of carbonyl (C=O) groups excluding carboxylic acids is 2. The lowest BCUT2D eigenvalue weighted by molar-refractivity contribution is -0.113. The number of hydrogen-bond acceptors (Lipinski definition) is 7. The van der Waals surface area contributed by atoms with Crippen molar-refractivity contribution in [2.45, 2.75) is 58.0 Å². The molecule has 9 heteroatoms. The van der Waals surface area contributed by atoms with E-state index in [2.05, 4.69) is 36.3 Å². The lowest BCUT2D eigenvalue weighted by Crippen LogP contribution is -2.15. The number of fused-ring (bicyclic) bond motifs is 5. The maximum Gasteiger partial charge on any atom is 0.234 e. The van der Waals surface area contributed by atoms with Gasteiger partial charge in [-0.25, -0.2) is 4.98 Å². The largest absolute Gasteiger partial charge is 0.325 e. The molecule has 0 fully saturated rings. The van der Waals surface area contributed by atoms with Crippen LogP contribution in [-0.4, -0.2) is 37.0 Å². The van der Waals surface area contributed by atoms with Gasteiger partial charge >= 0.3 is 0 Å². The molecule has 0 bridgehead atoms. The Morgan fingerprint density at radius 3 is 2.88 bits per heavy atom. The Morgan fingerprint density at radius 2 is 2.12 bits per heavy atom. The monoisotopic (exact) mass is 493 g/mol. The molecule has 1 aromatic carbocycles. The normalized spacial score (nSPS) is 15.7. The van der Waals surface area contributed by atoms with E-state index in [4.69, 9.17) is 4.98 Å². The Kier molecular flexibility index (Phi) is 6.16. The molecule has 1 atom stereocenters. The van der Waals surface area contributed by atoms with Crippen LogP contribution in [0.3, 0.4) is 0 Å². The first-order valence-electron chi connectivity index (χ1n) is 11.5. The van der Waals surface area contributed by atoms with E-state index >= 15 is 0 Å². The van der Waals surface area contributed by atoms with Crippen LogP contribution in [0, 0.1) is 5.92 Å². The number of amides is 1. The number of thioether (sulfide) groups is 1. The topological polar surface area (TPSA) is 89.2 Å². The second-order valence-corrected chi connectivity index (χ2v) is 11.3. The minimum absolute atomic E-state index is 0.0366. The molecule has 0 unspecified atom stereocenters. The Labute approximate surface area is 206 Å². The SMILES string of the molecule is CC(=O)c1cccc(NC(=O)CSc2nnc3c4c5c(sc4nc(C(C)C)n23)C[C@H](C)CC5)c1. The molecular weight excluding hydrogens is 466 g/mol. The molecular formula is C25H27N5O2S2. The molecule has 7 nitrogen and oxygen atoms in total. The summed E-state index contributed by atoms with van der Waals surface area (Å²) < 4.78 is 2.03. The van der Waals surface area contributed by atoms with Crippen LogP contribution in [0.25, 0.3) is 15.9 Å². The number of benzene rings is 1. The van der Waals surface area contributed by atoms with Crippen molar-refractivity contribution >= 4 is 56.3 Å². The Bertz CT molecular complexity index is 1420. The summed E-state index contributed by atoms with van der Waals surface area (Å²) in [7, 11) is 0. The fraction of sp³-hybridized carbons (Fsp3) is 0.400. The Hall–Kier alpha value is -2.78. The van der Waals surface area contributed by atoms with Crippen LogP contribution in [0.2, 0.25) is 0 Å². The van der Waals surface area contributed by atoms with E-state index in [0.717, 1.165) is 34.5 Å². The third kappa shape index (κ3) is 4.22. The molecule has 1 amide bonds. The van der Waals surface area contributed by atoms with E-state index in [1.165, 1.54) is 35.5 Å². The fourth-order valence-corrected chi connectivity index (χ4v) is 6.59. The molecule has 34 heavy (non-hydrogen) atoms. The molecule has 3 heterocycles. The Balaban J connectivity index is 1.45. The Morgan fingerprint density at radius 1 is 1.29 bits per heavy atom. The van der Waals surface area contributed by atoms with E-state index in [1.54, 1.807) is 35.6 Å². The highest BCUT2D eigenvalue weighted by atomic mass is 32.2. The smallest absolute Gasteiger partial charge is 0.234 e. The van der Waals surface area contributed by atoms with Crippen molar-refractivity contribution in [2.24, 2.45) is 5.92 Å². The molecule has 1 N–H and O–H groups in total. The maximum absolute atomic E-state index is 12.6. The number of thiophene rings is 1. The maximum atomic E-state index is 12.6. The van der Waals surface area contributed by atoms with Gasteiger partial charge in [-0.15, -0.1) is 21.5 Å². The van der Waals surface area contributed by atoms with Crippen LogP contribution in [0.15, 0.2) is 29.4 Å². The van der Waals surface area contributed by atoms with Crippen molar-refractivity contribution in [3.05, 3.63) is 46.1 Å². The van der Waals surface area contributed by atoms with Crippen molar-refractivity contribution in [3.63, 3.8) is 0 Å². The van der Waals surface area contributed by atoms with Gasteiger partial charge in [0.15, 0.2) is 16.6 Å². The van der Waals surface area contributed by atoms with Crippen molar-refractivity contribution in [3.8, 4) is 0 Å². The molecule has 176 valence electrons. The summed E-state index contributed by atoms with van der Waals surface area (Å²) in [5, 5.41) is 13.7. The number of nitrogens with zero attached hydrogens (tertiary/aromatic N) is 4. The zero-order valence-electron chi connectivity index (χ0n) is 19.7. The summed E-state index contributed by atoms with van der Waals surface area (Å²) in [6.45, 7) is 8.05. The van der Waals surface area contributed by atoms with Crippen molar-refractivity contribution in [1.82, 2.24) is 19.6 Å². The number of aryl methyl sites for hydroxylation is 1. The van der Waals surface area contributed by atoms with Gasteiger partial charge in [0, 0.05) is 22.0 Å². The predicted octanol–water partition coefficient (Wildman–Crippen LogP) is 5.52. The van der Waals surface area contributed by atoms with Crippen LogP contribution in [0.1, 0.15) is 66.7 Å².